The Bertz CT molecular complexity index is 1650. The summed E-state index contributed by atoms with van der Waals surface area (Å²) in [7, 11) is -9.62. The average molecular weight is 675 g/mol. The van der Waals surface area contributed by atoms with Crippen LogP contribution in [0.4, 0.5) is 44.7 Å². The summed E-state index contributed by atoms with van der Waals surface area (Å²) < 4.78 is 156. The van der Waals surface area contributed by atoms with Gasteiger partial charge in [0.2, 0.25) is 0 Å². The Morgan fingerprint density at radius 2 is 0.886 bits per heavy atom. The number of amides is 4. The Morgan fingerprint density at radius 3 is 1.18 bits per heavy atom. The Hall–Kier alpha value is -4.46. The molecule has 0 saturated carbocycles. The van der Waals surface area contributed by atoms with Gasteiger partial charge in [-0.25, -0.2) is 44.6 Å². The summed E-state index contributed by atoms with van der Waals surface area (Å²) in [5.41, 5.74) is -2.96. The molecule has 238 valence electrons. The summed E-state index contributed by atoms with van der Waals surface area (Å²) in [6.45, 7) is -0.578. The van der Waals surface area contributed by atoms with E-state index in [4.69, 9.17) is 0 Å². The molecule has 0 aromatic heterocycles. The van der Waals surface area contributed by atoms with E-state index in [2.05, 4.69) is 10.6 Å². The number of carbonyl (C=O) groups is 2. The first kappa shape index (κ1) is 34.0. The fourth-order valence-corrected chi connectivity index (χ4v) is 5.26. The van der Waals surface area contributed by atoms with E-state index in [1.165, 1.54) is 33.7 Å². The molecule has 0 radical (unpaired) electrons. The van der Waals surface area contributed by atoms with Crippen LogP contribution < -0.4 is 20.1 Å². The fourth-order valence-electron chi connectivity index (χ4n) is 3.35. The van der Waals surface area contributed by atoms with Crippen molar-refractivity contribution in [2.45, 2.75) is 35.2 Å². The van der Waals surface area contributed by atoms with Gasteiger partial charge in [0.1, 0.15) is 11.6 Å². The molecule has 0 atom stereocenters. The van der Waals surface area contributed by atoms with Gasteiger partial charge in [-0.2, -0.15) is 26.3 Å². The quantitative estimate of drug-likeness (QED) is 0.261. The second-order valence-electron chi connectivity index (χ2n) is 8.67. The molecule has 3 aromatic carbocycles. The third kappa shape index (κ3) is 8.78. The molecule has 0 aliphatic carbocycles. The van der Waals surface area contributed by atoms with Crippen LogP contribution in [0.25, 0.3) is 0 Å². The zero-order chi connectivity index (χ0) is 33.1. The van der Waals surface area contributed by atoms with Crippen LogP contribution in [0.5, 0.6) is 0 Å². The van der Waals surface area contributed by atoms with Crippen molar-refractivity contribution in [3.8, 4) is 0 Å². The van der Waals surface area contributed by atoms with Crippen molar-refractivity contribution in [1.82, 2.24) is 20.1 Å². The number of hydrogen-bond acceptors (Lipinski definition) is 6. The molecule has 4 N–H and O–H groups in total. The molecule has 4 amide bonds. The predicted octanol–water partition coefficient (Wildman–Crippen LogP) is 4.38. The van der Waals surface area contributed by atoms with Crippen LogP contribution in [0.2, 0.25) is 0 Å². The van der Waals surface area contributed by atoms with Crippen molar-refractivity contribution >= 4 is 32.1 Å². The molecule has 0 fully saturated rings. The molecule has 0 spiro atoms. The lowest BCUT2D eigenvalue weighted by atomic mass is 10.1. The van der Waals surface area contributed by atoms with Gasteiger partial charge in [0.15, 0.2) is 0 Å². The van der Waals surface area contributed by atoms with Crippen LogP contribution in [-0.2, 0) is 45.5 Å². The molecule has 3 rings (SSSR count). The van der Waals surface area contributed by atoms with Crippen LogP contribution in [0.1, 0.15) is 22.3 Å². The lowest BCUT2D eigenvalue weighted by Gasteiger charge is -2.12. The minimum Gasteiger partial charge on any atom is -0.333 e. The number of benzene rings is 3. The number of sulfonamides is 2. The second kappa shape index (κ2) is 12.6. The summed E-state index contributed by atoms with van der Waals surface area (Å²) in [6, 6.07) is 4.63. The molecule has 0 aliphatic rings. The largest absolute Gasteiger partial charge is 0.419 e. The smallest absolute Gasteiger partial charge is 0.333 e. The van der Waals surface area contributed by atoms with Gasteiger partial charge >= 0.3 is 24.4 Å². The average Bonchev–Trinajstić information content (AvgIpc) is 2.89. The van der Waals surface area contributed by atoms with Gasteiger partial charge in [-0.15, -0.1) is 0 Å². The van der Waals surface area contributed by atoms with E-state index in [-0.39, 0.29) is 37.4 Å². The molecule has 0 saturated heterocycles. The van der Waals surface area contributed by atoms with E-state index in [9.17, 15) is 61.5 Å². The summed E-state index contributed by atoms with van der Waals surface area (Å²) in [4.78, 5) is 22.0. The van der Waals surface area contributed by atoms with Crippen molar-refractivity contribution < 1.29 is 61.5 Å². The summed E-state index contributed by atoms with van der Waals surface area (Å²) in [6.07, 6.45) is -10.4. The number of carbonyl (C=O) groups excluding carboxylic acids is 2. The molecule has 0 aliphatic heterocycles. The summed E-state index contributed by atoms with van der Waals surface area (Å²) in [5.74, 6) is -3.42. The van der Waals surface area contributed by atoms with Crippen molar-refractivity contribution in [3.63, 3.8) is 0 Å². The highest BCUT2D eigenvalue weighted by Crippen LogP contribution is 2.33. The van der Waals surface area contributed by atoms with Gasteiger partial charge in [-0.1, -0.05) is 24.3 Å². The number of urea groups is 2. The highest BCUT2D eigenvalue weighted by Gasteiger charge is 2.36. The van der Waals surface area contributed by atoms with Gasteiger partial charge in [0.25, 0.3) is 20.0 Å². The summed E-state index contributed by atoms with van der Waals surface area (Å²) in [5, 5.41) is 4.29. The van der Waals surface area contributed by atoms with Crippen LogP contribution in [-0.4, -0.2) is 28.9 Å². The monoisotopic (exact) mass is 674 g/mol. The maximum Gasteiger partial charge on any atom is 0.419 e. The lowest BCUT2D eigenvalue weighted by molar-refractivity contribution is -0.141. The normalized spacial score (nSPS) is 12.4. The molecule has 10 nitrogen and oxygen atoms in total. The number of hydrogen-bond donors (Lipinski definition) is 4. The second-order valence-corrected chi connectivity index (χ2v) is 12.0. The highest BCUT2D eigenvalue weighted by atomic mass is 32.2. The zero-order valence-electron chi connectivity index (χ0n) is 21.5. The van der Waals surface area contributed by atoms with E-state index in [1.807, 2.05) is 0 Å². The molecule has 0 heterocycles. The van der Waals surface area contributed by atoms with Crippen LogP contribution in [0, 0.1) is 11.6 Å². The first-order valence-electron chi connectivity index (χ1n) is 11.6. The van der Waals surface area contributed by atoms with Crippen LogP contribution in [0.3, 0.4) is 0 Å². The minimum absolute atomic E-state index is 0.0276. The molecule has 0 bridgehead atoms. The Labute approximate surface area is 243 Å². The van der Waals surface area contributed by atoms with Crippen molar-refractivity contribution in [1.29, 1.82) is 0 Å². The predicted molar refractivity (Wildman–Crippen MR) is 134 cm³/mol. The van der Waals surface area contributed by atoms with Crippen molar-refractivity contribution in [2.24, 2.45) is 0 Å². The van der Waals surface area contributed by atoms with Gasteiger partial charge in [-0.05, 0) is 47.5 Å². The number of nitrogens with one attached hydrogen (secondary N) is 4. The van der Waals surface area contributed by atoms with E-state index >= 15 is 0 Å². The van der Waals surface area contributed by atoms with Crippen LogP contribution in [0.15, 0.2) is 70.5 Å². The topological polar surface area (TPSA) is 151 Å². The zero-order valence-corrected chi connectivity index (χ0v) is 23.1. The highest BCUT2D eigenvalue weighted by molar-refractivity contribution is 7.90. The SMILES string of the molecule is O=C(NCc1ccc(CNC(=O)NS(=O)(=O)c2ccc(F)c(C(F)(F)F)c2)cc1)NS(=O)(=O)c1ccc(F)c(C(F)(F)F)c1. The first-order chi connectivity index (χ1) is 20.2. The fraction of sp³-hybridized carbons (Fsp3) is 0.167. The number of halogens is 8. The third-order valence-corrected chi connectivity index (χ3v) is 8.15. The maximum atomic E-state index is 13.4. The van der Waals surface area contributed by atoms with Gasteiger partial charge in [0, 0.05) is 13.1 Å². The lowest BCUT2D eigenvalue weighted by Crippen LogP contribution is -2.39. The van der Waals surface area contributed by atoms with Crippen LogP contribution >= 0.6 is 0 Å². The number of rotatable bonds is 8. The first-order valence-corrected chi connectivity index (χ1v) is 14.6. The van der Waals surface area contributed by atoms with Gasteiger partial charge < -0.3 is 10.6 Å². The van der Waals surface area contributed by atoms with E-state index in [1.54, 1.807) is 0 Å². The van der Waals surface area contributed by atoms with Crippen molar-refractivity contribution in [3.05, 3.63) is 94.6 Å². The standard InChI is InChI=1S/C24H18F8N4O6S2/c25-19-7-5-15(9-17(19)23(27,28)29)43(39,40)35-21(37)33-11-13-1-2-14(4-3-13)12-34-22(38)36-44(41,42)16-6-8-20(26)18(10-16)24(30,31)32/h1-10H,11-12H2,(H2,33,35,37)(H2,34,36,38). The van der Waals surface area contributed by atoms with Gasteiger partial charge in [-0.3, -0.25) is 0 Å². The number of alkyl halides is 6. The summed E-state index contributed by atoms with van der Waals surface area (Å²) >= 11 is 0. The molecule has 44 heavy (non-hydrogen) atoms. The third-order valence-electron chi connectivity index (χ3n) is 5.49. The van der Waals surface area contributed by atoms with E-state index in [0.717, 1.165) is 0 Å². The van der Waals surface area contributed by atoms with E-state index in [0.29, 0.717) is 23.3 Å². The molecule has 0 unspecified atom stereocenters. The maximum absolute atomic E-state index is 13.4. The Kier molecular flexibility index (Phi) is 9.78. The Balaban J connectivity index is 1.53. The van der Waals surface area contributed by atoms with E-state index < -0.39 is 77.0 Å². The molecule has 3 aromatic rings. The minimum atomic E-state index is -5.19. The molecule has 20 heteroatoms. The molecular weight excluding hydrogens is 656 g/mol. The Morgan fingerprint density at radius 1 is 0.568 bits per heavy atom. The van der Waals surface area contributed by atoms with Gasteiger partial charge in [0.05, 0.1) is 20.9 Å². The van der Waals surface area contributed by atoms with Crippen molar-refractivity contribution in [2.75, 3.05) is 0 Å². The molecular formula is C24H18F8N4O6S2.